The fraction of sp³-hybridized carbons (Fsp3) is 0.133. The van der Waals surface area contributed by atoms with Crippen LogP contribution < -0.4 is 10.5 Å². The highest BCUT2D eigenvalue weighted by Crippen LogP contribution is 2.30. The molecule has 0 aliphatic rings. The largest absolute Gasteiger partial charge is 0.492 e. The number of fused-ring (bicyclic) bond motifs is 1. The van der Waals surface area contributed by atoms with Gasteiger partial charge in [0.25, 0.3) is 0 Å². The van der Waals surface area contributed by atoms with Crippen LogP contribution in [0.15, 0.2) is 48.8 Å². The minimum atomic E-state index is 0.596. The third kappa shape index (κ3) is 1.91. The number of nitrogens with two attached hydrogens (primary N) is 1. The average Bonchev–Trinajstić information content (AvgIpc) is 2.85. The van der Waals surface area contributed by atoms with E-state index >= 15 is 0 Å². The number of anilines is 1. The van der Waals surface area contributed by atoms with Crippen molar-refractivity contribution in [2.45, 2.75) is 6.92 Å². The van der Waals surface area contributed by atoms with Crippen LogP contribution in [-0.4, -0.2) is 16.2 Å². The first-order valence-electron chi connectivity index (χ1n) is 6.25. The van der Waals surface area contributed by atoms with Crippen molar-refractivity contribution in [2.24, 2.45) is 0 Å². The van der Waals surface area contributed by atoms with E-state index in [1.54, 1.807) is 6.33 Å². The third-order valence-electron chi connectivity index (χ3n) is 3.06. The van der Waals surface area contributed by atoms with E-state index in [1.165, 1.54) is 0 Å². The highest BCUT2D eigenvalue weighted by atomic mass is 16.5. The maximum absolute atomic E-state index is 6.18. The Bertz CT molecular complexity index is 718. The number of para-hydroxylation sites is 3. The van der Waals surface area contributed by atoms with Crippen molar-refractivity contribution < 1.29 is 4.74 Å². The summed E-state index contributed by atoms with van der Waals surface area (Å²) in [5.74, 6) is 0.706. The summed E-state index contributed by atoms with van der Waals surface area (Å²) in [5.41, 5.74) is 9.68. The molecule has 3 rings (SSSR count). The highest BCUT2D eigenvalue weighted by Gasteiger charge is 2.10. The summed E-state index contributed by atoms with van der Waals surface area (Å²) in [6.07, 6.45) is 1.78. The van der Waals surface area contributed by atoms with Gasteiger partial charge in [-0.3, -0.25) is 4.57 Å². The first kappa shape index (κ1) is 11.6. The Labute approximate surface area is 111 Å². The smallest absolute Gasteiger partial charge is 0.144 e. The molecule has 0 atom stereocenters. The van der Waals surface area contributed by atoms with E-state index in [-0.39, 0.29) is 0 Å². The molecule has 0 saturated heterocycles. The van der Waals surface area contributed by atoms with Gasteiger partial charge in [0.05, 0.1) is 29.0 Å². The number of benzene rings is 2. The Balaban J connectivity index is 2.19. The summed E-state index contributed by atoms with van der Waals surface area (Å²) in [6.45, 7) is 2.54. The molecule has 1 aromatic heterocycles. The number of ether oxygens (including phenoxy) is 1. The van der Waals surface area contributed by atoms with Crippen molar-refractivity contribution in [1.29, 1.82) is 0 Å². The minimum Gasteiger partial charge on any atom is -0.492 e. The van der Waals surface area contributed by atoms with E-state index < -0.39 is 0 Å². The van der Waals surface area contributed by atoms with E-state index in [2.05, 4.69) is 4.98 Å². The van der Waals surface area contributed by atoms with E-state index in [0.29, 0.717) is 18.0 Å². The molecule has 0 amide bonds. The molecule has 3 aromatic rings. The zero-order valence-electron chi connectivity index (χ0n) is 10.7. The Kier molecular flexibility index (Phi) is 2.83. The predicted octanol–water partition coefficient (Wildman–Crippen LogP) is 3.01. The number of nitrogen functional groups attached to an aromatic ring is 1. The molecule has 0 spiro atoms. The Morgan fingerprint density at radius 1 is 1.16 bits per heavy atom. The molecule has 2 aromatic carbocycles. The van der Waals surface area contributed by atoms with Gasteiger partial charge in [-0.05, 0) is 31.2 Å². The lowest BCUT2D eigenvalue weighted by molar-refractivity contribution is 0.342. The SMILES string of the molecule is CCOc1cccc(-n2cnc3ccccc32)c1N. The number of hydrogen-bond donors (Lipinski definition) is 1. The van der Waals surface area contributed by atoms with E-state index in [0.717, 1.165) is 16.7 Å². The maximum Gasteiger partial charge on any atom is 0.144 e. The van der Waals surface area contributed by atoms with Gasteiger partial charge in [-0.2, -0.15) is 0 Å². The van der Waals surface area contributed by atoms with Crippen LogP contribution in [0.2, 0.25) is 0 Å². The maximum atomic E-state index is 6.18. The first-order chi connectivity index (χ1) is 9.31. The summed E-state index contributed by atoms with van der Waals surface area (Å²) >= 11 is 0. The summed E-state index contributed by atoms with van der Waals surface area (Å²) in [5, 5.41) is 0. The van der Waals surface area contributed by atoms with Crippen LogP contribution in [0.3, 0.4) is 0 Å². The van der Waals surface area contributed by atoms with Gasteiger partial charge < -0.3 is 10.5 Å². The lowest BCUT2D eigenvalue weighted by atomic mass is 10.2. The van der Waals surface area contributed by atoms with Gasteiger partial charge in [-0.1, -0.05) is 18.2 Å². The van der Waals surface area contributed by atoms with Crippen LogP contribution in [0.4, 0.5) is 5.69 Å². The molecule has 0 bridgehead atoms. The van der Waals surface area contributed by atoms with Crippen molar-refractivity contribution in [3.63, 3.8) is 0 Å². The topological polar surface area (TPSA) is 53.1 Å². The zero-order valence-corrected chi connectivity index (χ0v) is 10.7. The molecule has 0 aliphatic carbocycles. The quantitative estimate of drug-likeness (QED) is 0.730. The zero-order chi connectivity index (χ0) is 13.2. The number of aromatic nitrogens is 2. The second-order valence-electron chi connectivity index (χ2n) is 4.23. The molecule has 1 heterocycles. The Hall–Kier alpha value is -2.49. The monoisotopic (exact) mass is 253 g/mol. The van der Waals surface area contributed by atoms with Crippen molar-refractivity contribution in [2.75, 3.05) is 12.3 Å². The molecular formula is C15H15N3O. The molecule has 4 heteroatoms. The van der Waals surface area contributed by atoms with Crippen LogP contribution >= 0.6 is 0 Å². The van der Waals surface area contributed by atoms with Crippen molar-refractivity contribution in [3.05, 3.63) is 48.8 Å². The van der Waals surface area contributed by atoms with Crippen LogP contribution in [0.25, 0.3) is 16.7 Å². The fourth-order valence-electron chi connectivity index (χ4n) is 2.18. The van der Waals surface area contributed by atoms with Crippen molar-refractivity contribution in [1.82, 2.24) is 9.55 Å². The molecule has 4 nitrogen and oxygen atoms in total. The Morgan fingerprint density at radius 3 is 2.84 bits per heavy atom. The lowest BCUT2D eigenvalue weighted by Crippen LogP contribution is -2.02. The van der Waals surface area contributed by atoms with Gasteiger partial charge in [0.2, 0.25) is 0 Å². The summed E-state index contributed by atoms with van der Waals surface area (Å²) in [7, 11) is 0. The molecule has 0 unspecified atom stereocenters. The Morgan fingerprint density at radius 2 is 2.00 bits per heavy atom. The minimum absolute atomic E-state index is 0.596. The molecule has 19 heavy (non-hydrogen) atoms. The third-order valence-corrected chi connectivity index (χ3v) is 3.06. The molecule has 0 fully saturated rings. The van der Waals surface area contributed by atoms with Gasteiger partial charge in [0, 0.05) is 0 Å². The highest BCUT2D eigenvalue weighted by molar-refractivity contribution is 5.80. The van der Waals surface area contributed by atoms with Crippen LogP contribution in [0, 0.1) is 0 Å². The number of rotatable bonds is 3. The molecule has 2 N–H and O–H groups in total. The van der Waals surface area contributed by atoms with E-state index in [9.17, 15) is 0 Å². The summed E-state index contributed by atoms with van der Waals surface area (Å²) in [4.78, 5) is 4.38. The van der Waals surface area contributed by atoms with Gasteiger partial charge >= 0.3 is 0 Å². The molecular weight excluding hydrogens is 238 g/mol. The molecule has 0 radical (unpaired) electrons. The summed E-state index contributed by atoms with van der Waals surface area (Å²) in [6, 6.07) is 13.7. The first-order valence-corrected chi connectivity index (χ1v) is 6.25. The fourth-order valence-corrected chi connectivity index (χ4v) is 2.18. The molecule has 0 aliphatic heterocycles. The lowest BCUT2D eigenvalue weighted by Gasteiger charge is -2.12. The molecule has 0 saturated carbocycles. The van der Waals surface area contributed by atoms with Gasteiger partial charge in [0.1, 0.15) is 12.1 Å². The van der Waals surface area contributed by atoms with Gasteiger partial charge in [-0.25, -0.2) is 4.98 Å². The van der Waals surface area contributed by atoms with Crippen molar-refractivity contribution >= 4 is 16.7 Å². The second-order valence-corrected chi connectivity index (χ2v) is 4.23. The van der Waals surface area contributed by atoms with E-state index in [1.807, 2.05) is 54.0 Å². The number of hydrogen-bond acceptors (Lipinski definition) is 3. The van der Waals surface area contributed by atoms with Crippen molar-refractivity contribution in [3.8, 4) is 11.4 Å². The predicted molar refractivity (Wildman–Crippen MR) is 76.7 cm³/mol. The second kappa shape index (κ2) is 4.65. The van der Waals surface area contributed by atoms with E-state index in [4.69, 9.17) is 10.5 Å². The normalized spacial score (nSPS) is 10.8. The van der Waals surface area contributed by atoms with Crippen LogP contribution in [-0.2, 0) is 0 Å². The average molecular weight is 253 g/mol. The molecule has 96 valence electrons. The van der Waals surface area contributed by atoms with Gasteiger partial charge in [-0.15, -0.1) is 0 Å². The number of imidazole rings is 1. The van der Waals surface area contributed by atoms with Gasteiger partial charge in [0.15, 0.2) is 0 Å². The number of nitrogens with zero attached hydrogens (tertiary/aromatic N) is 2. The standard InChI is InChI=1S/C15H15N3O/c1-2-19-14-9-5-8-13(15(14)16)18-10-17-11-6-3-4-7-12(11)18/h3-10H,2,16H2,1H3. The van der Waals surface area contributed by atoms with Crippen LogP contribution in [0.5, 0.6) is 5.75 Å². The van der Waals surface area contributed by atoms with Crippen LogP contribution in [0.1, 0.15) is 6.92 Å². The summed E-state index contributed by atoms with van der Waals surface area (Å²) < 4.78 is 7.51.